The molecule has 0 fully saturated rings. The second-order valence-electron chi connectivity index (χ2n) is 1.76. The molecule has 0 saturated carbocycles. The Kier molecular flexibility index (Phi) is 21.3. The first kappa shape index (κ1) is 24.9. The predicted molar refractivity (Wildman–Crippen MR) is 35.0 cm³/mol. The van der Waals surface area contributed by atoms with Crippen LogP contribution in [0.2, 0.25) is 0 Å². The Morgan fingerprint density at radius 2 is 1.20 bits per heavy atom. The molecule has 0 aromatic rings. The Balaban J connectivity index is -0.0000000770. The monoisotopic (exact) mass is 259 g/mol. The van der Waals surface area contributed by atoms with Gasteiger partial charge in [0.1, 0.15) is 0 Å². The van der Waals surface area contributed by atoms with E-state index in [-0.39, 0.29) is 59.1 Å². The van der Waals surface area contributed by atoms with E-state index in [1.54, 1.807) is 0 Å². The van der Waals surface area contributed by atoms with Crippen LogP contribution >= 0.6 is 0 Å². The van der Waals surface area contributed by atoms with Crippen molar-refractivity contribution in [3.05, 3.63) is 0 Å². The van der Waals surface area contributed by atoms with Crippen LogP contribution < -0.4 is 74.5 Å². The van der Waals surface area contributed by atoms with E-state index in [0.717, 1.165) is 0 Å². The molecule has 0 radical (unpaired) electrons. The maximum atomic E-state index is 9.50. The van der Waals surface area contributed by atoms with Crippen molar-refractivity contribution in [2.24, 2.45) is 5.14 Å². The van der Waals surface area contributed by atoms with Crippen molar-refractivity contribution in [1.82, 2.24) is 0 Å². The maximum Gasteiger partial charge on any atom is 1.00 e. The standard InChI is InChI=1S/C4H6O4.H3NO3S.2Na/c5-3(6)1-2-4(7)8;1-5(2,3)4;;/h1-2H2,(H,5,6)(H,7,8);(H3,1,2,3,4);;/q;;2*+1/p-2. The molecule has 15 heavy (non-hydrogen) atoms. The number of carboxylic acids is 2. The van der Waals surface area contributed by atoms with Crippen LogP contribution in [0.1, 0.15) is 12.8 Å². The molecule has 0 saturated heterocycles. The molecule has 0 rings (SSSR count). The van der Waals surface area contributed by atoms with Crippen molar-refractivity contribution in [2.75, 3.05) is 0 Å². The van der Waals surface area contributed by atoms with Crippen LogP contribution in [0, 0.1) is 0 Å². The van der Waals surface area contributed by atoms with Gasteiger partial charge in [0.2, 0.25) is 0 Å². The zero-order valence-electron chi connectivity index (χ0n) is 8.30. The van der Waals surface area contributed by atoms with Crippen molar-refractivity contribution in [2.45, 2.75) is 12.8 Å². The minimum Gasteiger partial charge on any atom is -0.550 e. The third-order valence-electron chi connectivity index (χ3n) is 0.533. The molecular formula is C4H7NNa2O7S. The molecule has 0 bridgehead atoms. The average Bonchev–Trinajstić information content (AvgIpc) is 1.79. The van der Waals surface area contributed by atoms with Crippen LogP contribution in [0.15, 0.2) is 0 Å². The van der Waals surface area contributed by atoms with Crippen molar-refractivity contribution in [3.63, 3.8) is 0 Å². The van der Waals surface area contributed by atoms with Crippen molar-refractivity contribution in [1.29, 1.82) is 0 Å². The number of aliphatic carboxylic acids is 2. The van der Waals surface area contributed by atoms with E-state index in [0.29, 0.717) is 0 Å². The van der Waals surface area contributed by atoms with Gasteiger partial charge in [-0.15, -0.1) is 0 Å². The fraction of sp³-hybridized carbons (Fsp3) is 0.500. The summed E-state index contributed by atoms with van der Waals surface area (Å²) in [6.45, 7) is 0. The molecular weight excluding hydrogens is 252 g/mol. The van der Waals surface area contributed by atoms with Gasteiger partial charge in [0, 0.05) is 11.9 Å². The fourth-order valence-corrected chi connectivity index (χ4v) is 0.204. The van der Waals surface area contributed by atoms with E-state index >= 15 is 0 Å². The summed E-state index contributed by atoms with van der Waals surface area (Å²) in [5.41, 5.74) is 0. The van der Waals surface area contributed by atoms with Gasteiger partial charge < -0.3 is 19.8 Å². The summed E-state index contributed by atoms with van der Waals surface area (Å²) in [6, 6.07) is 0. The van der Waals surface area contributed by atoms with E-state index in [1.165, 1.54) is 0 Å². The smallest absolute Gasteiger partial charge is 0.550 e. The second kappa shape index (κ2) is 12.9. The summed E-state index contributed by atoms with van der Waals surface area (Å²) in [7, 11) is -4.17. The van der Waals surface area contributed by atoms with Gasteiger partial charge >= 0.3 is 69.4 Å². The van der Waals surface area contributed by atoms with Crippen LogP contribution in [-0.2, 0) is 19.9 Å². The van der Waals surface area contributed by atoms with Gasteiger partial charge in [-0.2, -0.15) is 8.42 Å². The summed E-state index contributed by atoms with van der Waals surface area (Å²) < 4.78 is 25.2. The van der Waals surface area contributed by atoms with E-state index in [9.17, 15) is 19.8 Å². The molecule has 0 aromatic carbocycles. The molecule has 78 valence electrons. The normalized spacial score (nSPS) is 8.40. The largest absolute Gasteiger partial charge is 1.00 e. The van der Waals surface area contributed by atoms with Crippen LogP contribution in [-0.4, -0.2) is 24.9 Å². The summed E-state index contributed by atoms with van der Waals surface area (Å²) >= 11 is 0. The Morgan fingerprint density at radius 3 is 1.27 bits per heavy atom. The van der Waals surface area contributed by atoms with Gasteiger partial charge in [0.25, 0.3) is 0 Å². The molecule has 3 N–H and O–H groups in total. The summed E-state index contributed by atoms with van der Waals surface area (Å²) in [6.07, 6.45) is -0.940. The van der Waals surface area contributed by atoms with Crippen LogP contribution in [0.4, 0.5) is 0 Å². The Morgan fingerprint density at radius 1 is 1.07 bits per heavy atom. The molecule has 0 spiro atoms. The van der Waals surface area contributed by atoms with Crippen molar-refractivity contribution < 1.29 is 91.9 Å². The minimum atomic E-state index is -4.17. The molecule has 0 aliphatic rings. The van der Waals surface area contributed by atoms with Crippen LogP contribution in [0.3, 0.4) is 0 Å². The van der Waals surface area contributed by atoms with Crippen LogP contribution in [0.5, 0.6) is 0 Å². The maximum absolute atomic E-state index is 9.50. The van der Waals surface area contributed by atoms with E-state index in [1.807, 2.05) is 0 Å². The minimum absolute atomic E-state index is 0. The summed E-state index contributed by atoms with van der Waals surface area (Å²) in [4.78, 5) is 19.0. The fourth-order valence-electron chi connectivity index (χ4n) is 0.204. The van der Waals surface area contributed by atoms with Gasteiger partial charge in [-0.25, -0.2) is 5.14 Å². The SMILES string of the molecule is NS(=O)(=O)O.O=C([O-])CCC(=O)[O-].[Na+].[Na+]. The first-order valence-electron chi connectivity index (χ1n) is 2.78. The number of nitrogens with two attached hydrogens (primary N) is 1. The predicted octanol–water partition coefficient (Wildman–Crippen LogP) is -9.98. The summed E-state index contributed by atoms with van der Waals surface area (Å²) in [5, 5.41) is 22.9. The molecule has 0 unspecified atom stereocenters. The quantitative estimate of drug-likeness (QED) is 0.375. The van der Waals surface area contributed by atoms with Gasteiger partial charge in [-0.05, 0) is 12.8 Å². The van der Waals surface area contributed by atoms with E-state index in [4.69, 9.17) is 13.0 Å². The average molecular weight is 259 g/mol. The van der Waals surface area contributed by atoms with Crippen molar-refractivity contribution >= 4 is 22.2 Å². The van der Waals surface area contributed by atoms with Gasteiger partial charge in [0.05, 0.1) is 0 Å². The first-order valence-corrected chi connectivity index (χ1v) is 4.28. The van der Waals surface area contributed by atoms with Gasteiger partial charge in [0.15, 0.2) is 0 Å². The van der Waals surface area contributed by atoms with E-state index < -0.39 is 35.1 Å². The Labute approximate surface area is 131 Å². The van der Waals surface area contributed by atoms with E-state index in [2.05, 4.69) is 5.14 Å². The zero-order chi connectivity index (χ0) is 11.1. The number of rotatable bonds is 3. The first-order chi connectivity index (χ1) is 5.63. The summed E-state index contributed by atoms with van der Waals surface area (Å²) in [5.74, 6) is -2.73. The van der Waals surface area contributed by atoms with Gasteiger partial charge in [-0.3, -0.25) is 4.55 Å². The molecule has 8 nitrogen and oxygen atoms in total. The number of hydrogen-bond donors (Lipinski definition) is 2. The molecule has 11 heteroatoms. The number of carbonyl (C=O) groups is 2. The second-order valence-corrected chi connectivity index (χ2v) is 2.79. The third-order valence-corrected chi connectivity index (χ3v) is 0.533. The topological polar surface area (TPSA) is 161 Å². The molecule has 0 atom stereocenters. The molecule has 0 aliphatic carbocycles. The molecule has 0 amide bonds. The van der Waals surface area contributed by atoms with Crippen molar-refractivity contribution in [3.8, 4) is 0 Å². The number of hydrogen-bond acceptors (Lipinski definition) is 6. The molecule has 0 heterocycles. The third kappa shape index (κ3) is 72.0. The Hall–Kier alpha value is 0.810. The Bertz CT molecular complexity index is 255. The number of carbonyl (C=O) groups excluding carboxylic acids is 2. The van der Waals surface area contributed by atoms with Gasteiger partial charge in [-0.1, -0.05) is 0 Å². The molecule has 0 aliphatic heterocycles. The zero-order valence-corrected chi connectivity index (χ0v) is 13.1. The number of carboxylic acid groups (broad SMARTS) is 2. The molecule has 0 aromatic heterocycles. The van der Waals surface area contributed by atoms with Crippen LogP contribution in [0.25, 0.3) is 0 Å².